The van der Waals surface area contributed by atoms with Crippen molar-refractivity contribution in [1.29, 1.82) is 0 Å². The monoisotopic (exact) mass is 214 g/mol. The van der Waals surface area contributed by atoms with Crippen LogP contribution in [0.1, 0.15) is 19.8 Å². The highest BCUT2D eigenvalue weighted by Gasteiger charge is 2.30. The minimum Gasteiger partial charge on any atom is -0.409 e. The molecular formula is C10H22N4O. The van der Waals surface area contributed by atoms with Gasteiger partial charge in [0, 0.05) is 19.1 Å². The Bertz CT molecular complexity index is 229. The number of hydrogen-bond acceptors (Lipinski definition) is 4. The van der Waals surface area contributed by atoms with Crippen LogP contribution in [-0.2, 0) is 0 Å². The van der Waals surface area contributed by atoms with Crippen molar-refractivity contribution in [3.05, 3.63) is 0 Å². The maximum atomic E-state index is 8.70. The van der Waals surface area contributed by atoms with Gasteiger partial charge in [0.2, 0.25) is 0 Å². The smallest absolute Gasteiger partial charge is 0.156 e. The SMILES string of the molecule is CCC(C(N)=NO)N1CCC(N(C)C)C1. The van der Waals surface area contributed by atoms with E-state index in [2.05, 4.69) is 36.0 Å². The van der Waals surface area contributed by atoms with Gasteiger partial charge in [-0.1, -0.05) is 12.1 Å². The Hall–Kier alpha value is -0.810. The molecule has 1 aliphatic heterocycles. The summed E-state index contributed by atoms with van der Waals surface area (Å²) in [5, 5.41) is 11.8. The topological polar surface area (TPSA) is 65.1 Å². The molecule has 0 aliphatic carbocycles. The van der Waals surface area contributed by atoms with Crippen LogP contribution < -0.4 is 5.73 Å². The number of amidine groups is 1. The van der Waals surface area contributed by atoms with Crippen LogP contribution in [0.3, 0.4) is 0 Å². The lowest BCUT2D eigenvalue weighted by Gasteiger charge is -2.26. The normalized spacial score (nSPS) is 26.1. The molecule has 0 aromatic carbocycles. The Labute approximate surface area is 91.5 Å². The van der Waals surface area contributed by atoms with Crippen molar-refractivity contribution < 1.29 is 5.21 Å². The van der Waals surface area contributed by atoms with Crippen molar-refractivity contribution in [1.82, 2.24) is 9.80 Å². The summed E-state index contributed by atoms with van der Waals surface area (Å²) in [6.45, 7) is 4.09. The number of nitrogens with zero attached hydrogens (tertiary/aromatic N) is 3. The molecule has 2 unspecified atom stereocenters. The van der Waals surface area contributed by atoms with E-state index in [4.69, 9.17) is 10.9 Å². The molecule has 1 fully saturated rings. The Morgan fingerprint density at radius 3 is 2.73 bits per heavy atom. The van der Waals surface area contributed by atoms with Gasteiger partial charge in [-0.25, -0.2) is 0 Å². The van der Waals surface area contributed by atoms with Gasteiger partial charge in [0.1, 0.15) is 0 Å². The molecule has 0 saturated carbocycles. The van der Waals surface area contributed by atoms with E-state index in [1.54, 1.807) is 0 Å². The lowest BCUT2D eigenvalue weighted by molar-refractivity contribution is 0.240. The molecule has 1 aliphatic rings. The Morgan fingerprint density at radius 1 is 1.67 bits per heavy atom. The summed E-state index contributed by atoms with van der Waals surface area (Å²) < 4.78 is 0. The summed E-state index contributed by atoms with van der Waals surface area (Å²) in [6, 6.07) is 0.672. The molecular weight excluding hydrogens is 192 g/mol. The molecule has 0 aromatic heterocycles. The predicted molar refractivity (Wildman–Crippen MR) is 61.2 cm³/mol. The van der Waals surface area contributed by atoms with E-state index in [0.717, 1.165) is 25.9 Å². The van der Waals surface area contributed by atoms with Gasteiger partial charge in [-0.3, -0.25) is 4.90 Å². The summed E-state index contributed by atoms with van der Waals surface area (Å²) in [7, 11) is 4.19. The highest BCUT2D eigenvalue weighted by molar-refractivity contribution is 5.85. The zero-order chi connectivity index (χ0) is 11.4. The van der Waals surface area contributed by atoms with Gasteiger partial charge in [0.25, 0.3) is 0 Å². The molecule has 1 rings (SSSR count). The van der Waals surface area contributed by atoms with Gasteiger partial charge in [0.15, 0.2) is 5.84 Å². The first-order valence-electron chi connectivity index (χ1n) is 5.48. The zero-order valence-electron chi connectivity index (χ0n) is 9.85. The first kappa shape index (κ1) is 12.3. The number of rotatable bonds is 4. The molecule has 1 saturated heterocycles. The van der Waals surface area contributed by atoms with Gasteiger partial charge < -0.3 is 15.8 Å². The molecule has 88 valence electrons. The standard InChI is InChI=1S/C10H22N4O/c1-4-9(10(11)12-15)14-6-5-8(7-14)13(2)3/h8-9,15H,4-7H2,1-3H3,(H2,11,12). The Morgan fingerprint density at radius 2 is 2.33 bits per heavy atom. The van der Waals surface area contributed by atoms with Gasteiger partial charge in [-0.2, -0.15) is 0 Å². The third-order valence-corrected chi connectivity index (χ3v) is 3.21. The summed E-state index contributed by atoms with van der Waals surface area (Å²) in [4.78, 5) is 4.53. The van der Waals surface area contributed by atoms with Gasteiger partial charge >= 0.3 is 0 Å². The van der Waals surface area contributed by atoms with Crippen LogP contribution in [0.15, 0.2) is 5.16 Å². The number of likely N-dealkylation sites (tertiary alicyclic amines) is 1. The number of nitrogens with two attached hydrogens (primary N) is 1. The highest BCUT2D eigenvalue weighted by Crippen LogP contribution is 2.17. The van der Waals surface area contributed by atoms with E-state index in [1.807, 2.05) is 0 Å². The van der Waals surface area contributed by atoms with Crippen LogP contribution in [-0.4, -0.2) is 60.1 Å². The molecule has 5 nitrogen and oxygen atoms in total. The average Bonchev–Trinajstić information content (AvgIpc) is 2.68. The minimum atomic E-state index is 0.0833. The maximum absolute atomic E-state index is 8.70. The lowest BCUT2D eigenvalue weighted by atomic mass is 10.2. The minimum absolute atomic E-state index is 0.0833. The van der Waals surface area contributed by atoms with Crippen LogP contribution in [0.5, 0.6) is 0 Å². The fourth-order valence-corrected chi connectivity index (χ4v) is 2.19. The molecule has 15 heavy (non-hydrogen) atoms. The van der Waals surface area contributed by atoms with E-state index in [-0.39, 0.29) is 6.04 Å². The van der Waals surface area contributed by atoms with E-state index in [1.165, 1.54) is 0 Å². The van der Waals surface area contributed by atoms with Crippen LogP contribution in [0.2, 0.25) is 0 Å². The van der Waals surface area contributed by atoms with Crippen molar-refractivity contribution in [2.45, 2.75) is 31.8 Å². The van der Waals surface area contributed by atoms with Crippen LogP contribution in [0.25, 0.3) is 0 Å². The first-order chi connectivity index (χ1) is 7.10. The molecule has 0 spiro atoms. The van der Waals surface area contributed by atoms with Crippen molar-refractivity contribution in [3.63, 3.8) is 0 Å². The third-order valence-electron chi connectivity index (χ3n) is 3.21. The summed E-state index contributed by atoms with van der Waals surface area (Å²) >= 11 is 0. The highest BCUT2D eigenvalue weighted by atomic mass is 16.4. The van der Waals surface area contributed by atoms with Crippen LogP contribution in [0.4, 0.5) is 0 Å². The van der Waals surface area contributed by atoms with Crippen molar-refractivity contribution in [2.24, 2.45) is 10.9 Å². The fourth-order valence-electron chi connectivity index (χ4n) is 2.19. The number of likely N-dealkylation sites (N-methyl/N-ethyl adjacent to an activating group) is 1. The van der Waals surface area contributed by atoms with Crippen molar-refractivity contribution in [3.8, 4) is 0 Å². The Kier molecular flexibility index (Phi) is 4.35. The lowest BCUT2D eigenvalue weighted by Crippen LogP contribution is -2.44. The fraction of sp³-hybridized carbons (Fsp3) is 0.900. The van der Waals surface area contributed by atoms with Gasteiger partial charge in [-0.05, 0) is 26.9 Å². The molecule has 0 radical (unpaired) electrons. The second kappa shape index (κ2) is 5.32. The second-order valence-corrected chi connectivity index (χ2v) is 4.35. The first-order valence-corrected chi connectivity index (χ1v) is 5.48. The van der Waals surface area contributed by atoms with E-state index in [0.29, 0.717) is 11.9 Å². The number of hydrogen-bond donors (Lipinski definition) is 2. The predicted octanol–water partition coefficient (Wildman–Crippen LogP) is 0.147. The third kappa shape index (κ3) is 2.82. The van der Waals surface area contributed by atoms with Gasteiger partial charge in [-0.15, -0.1) is 0 Å². The second-order valence-electron chi connectivity index (χ2n) is 4.35. The maximum Gasteiger partial charge on any atom is 0.156 e. The van der Waals surface area contributed by atoms with Crippen molar-refractivity contribution in [2.75, 3.05) is 27.2 Å². The van der Waals surface area contributed by atoms with Gasteiger partial charge in [0.05, 0.1) is 6.04 Å². The molecule has 0 bridgehead atoms. The summed E-state index contributed by atoms with van der Waals surface area (Å²) in [5.41, 5.74) is 5.67. The molecule has 3 N–H and O–H groups in total. The van der Waals surface area contributed by atoms with Crippen LogP contribution >= 0.6 is 0 Å². The largest absolute Gasteiger partial charge is 0.409 e. The number of oxime groups is 1. The molecule has 2 atom stereocenters. The quantitative estimate of drug-likeness (QED) is 0.302. The molecule has 0 amide bonds. The molecule has 0 aromatic rings. The van der Waals surface area contributed by atoms with E-state index >= 15 is 0 Å². The average molecular weight is 214 g/mol. The Balaban J connectivity index is 2.58. The molecule has 1 heterocycles. The van der Waals surface area contributed by atoms with Crippen LogP contribution in [0, 0.1) is 0 Å². The van der Waals surface area contributed by atoms with E-state index < -0.39 is 0 Å². The van der Waals surface area contributed by atoms with E-state index in [9.17, 15) is 0 Å². The summed E-state index contributed by atoms with van der Waals surface area (Å²) in [5.74, 6) is 0.330. The summed E-state index contributed by atoms with van der Waals surface area (Å²) in [6.07, 6.45) is 2.04. The zero-order valence-corrected chi connectivity index (χ0v) is 9.85. The van der Waals surface area contributed by atoms with Crippen molar-refractivity contribution >= 4 is 5.84 Å². The molecule has 5 heteroatoms.